The molecule has 2 N–H and O–H groups in total. The summed E-state index contributed by atoms with van der Waals surface area (Å²) in [6.45, 7) is 0.639. The van der Waals surface area contributed by atoms with Gasteiger partial charge in [0.2, 0.25) is 0 Å². The van der Waals surface area contributed by atoms with Gasteiger partial charge in [-0.05, 0) is 17.7 Å². The number of hydrogen-bond acceptors (Lipinski definition) is 4. The first-order valence-corrected chi connectivity index (χ1v) is 3.95. The van der Waals surface area contributed by atoms with Gasteiger partial charge in [0.15, 0.2) is 11.5 Å². The highest BCUT2D eigenvalue weighted by atomic mass is 32.1. The number of methoxy groups -OCH3 is 1. The van der Waals surface area contributed by atoms with Crippen LogP contribution < -0.4 is 9.46 Å². The van der Waals surface area contributed by atoms with Crippen LogP contribution in [0.1, 0.15) is 5.56 Å². The van der Waals surface area contributed by atoms with Crippen molar-refractivity contribution in [2.24, 2.45) is 0 Å². The molecule has 3 nitrogen and oxygen atoms in total. The molecule has 0 amide bonds. The summed E-state index contributed by atoms with van der Waals surface area (Å²) in [6, 6.07) is 5.17. The standard InChI is InChI=1S/C8H11NO2S/c1-11-8-4-6(5-9-12)2-3-7(8)10/h2-4,9-10,12H,5H2,1H3. The van der Waals surface area contributed by atoms with Gasteiger partial charge >= 0.3 is 0 Å². The number of nitrogens with one attached hydrogen (secondary N) is 1. The number of phenols is 1. The van der Waals surface area contributed by atoms with Crippen LogP contribution in [0.25, 0.3) is 0 Å². The van der Waals surface area contributed by atoms with E-state index in [4.69, 9.17) is 4.74 Å². The van der Waals surface area contributed by atoms with E-state index in [0.29, 0.717) is 12.3 Å². The second kappa shape index (κ2) is 4.23. The molecular weight excluding hydrogens is 174 g/mol. The Labute approximate surface area is 76.9 Å². The highest BCUT2D eigenvalue weighted by Crippen LogP contribution is 2.25. The van der Waals surface area contributed by atoms with Crippen molar-refractivity contribution in [2.45, 2.75) is 6.54 Å². The number of phenolic OH excluding ortho intramolecular Hbond substituents is 1. The summed E-state index contributed by atoms with van der Waals surface area (Å²) < 4.78 is 7.64. The van der Waals surface area contributed by atoms with Gasteiger partial charge in [0.25, 0.3) is 0 Å². The number of ether oxygens (including phenoxy) is 1. The molecule has 12 heavy (non-hydrogen) atoms. The van der Waals surface area contributed by atoms with Crippen LogP contribution in [-0.4, -0.2) is 12.2 Å². The molecule has 4 heteroatoms. The topological polar surface area (TPSA) is 41.5 Å². The third-order valence-corrected chi connectivity index (χ3v) is 1.69. The number of rotatable bonds is 3. The van der Waals surface area contributed by atoms with Gasteiger partial charge in [-0.3, -0.25) is 4.72 Å². The molecule has 0 aliphatic carbocycles. The summed E-state index contributed by atoms with van der Waals surface area (Å²) >= 11 is 3.87. The van der Waals surface area contributed by atoms with Crippen molar-refractivity contribution in [1.29, 1.82) is 0 Å². The van der Waals surface area contributed by atoms with Gasteiger partial charge in [0.05, 0.1) is 7.11 Å². The lowest BCUT2D eigenvalue weighted by molar-refractivity contribution is 0.373. The highest BCUT2D eigenvalue weighted by Gasteiger charge is 2.00. The zero-order valence-corrected chi connectivity index (χ0v) is 7.64. The summed E-state index contributed by atoms with van der Waals surface area (Å²) in [5, 5.41) is 9.24. The van der Waals surface area contributed by atoms with Crippen LogP contribution in [0, 0.1) is 0 Å². The zero-order valence-electron chi connectivity index (χ0n) is 6.74. The minimum atomic E-state index is 0.153. The van der Waals surface area contributed by atoms with Gasteiger partial charge in [-0.15, -0.1) is 0 Å². The maximum atomic E-state index is 9.24. The first-order chi connectivity index (χ1) is 5.77. The summed E-state index contributed by atoms with van der Waals surface area (Å²) in [4.78, 5) is 0. The van der Waals surface area contributed by atoms with Crippen molar-refractivity contribution < 1.29 is 9.84 Å². The van der Waals surface area contributed by atoms with E-state index in [1.165, 1.54) is 7.11 Å². The summed E-state index contributed by atoms with van der Waals surface area (Å²) in [7, 11) is 1.52. The number of hydrogen-bond donors (Lipinski definition) is 3. The molecule has 0 saturated carbocycles. The van der Waals surface area contributed by atoms with E-state index >= 15 is 0 Å². The molecular formula is C8H11NO2S. The Bertz CT molecular complexity index is 265. The average molecular weight is 185 g/mol. The Morgan fingerprint density at radius 1 is 1.58 bits per heavy atom. The SMILES string of the molecule is COc1cc(CNS)ccc1O. The van der Waals surface area contributed by atoms with Crippen molar-refractivity contribution in [3.8, 4) is 11.5 Å². The monoisotopic (exact) mass is 185 g/mol. The lowest BCUT2D eigenvalue weighted by Crippen LogP contribution is -1.98. The average Bonchev–Trinajstić information content (AvgIpc) is 2.09. The van der Waals surface area contributed by atoms with Gasteiger partial charge in [0.1, 0.15) is 0 Å². The predicted molar refractivity (Wildman–Crippen MR) is 50.5 cm³/mol. The molecule has 0 aliphatic heterocycles. The fraction of sp³-hybridized carbons (Fsp3) is 0.250. The Balaban J connectivity index is 2.89. The quantitative estimate of drug-likeness (QED) is 0.622. The molecule has 0 atom stereocenters. The molecule has 0 aromatic heterocycles. The Hall–Kier alpha value is -0.870. The number of aromatic hydroxyl groups is 1. The van der Waals surface area contributed by atoms with E-state index in [1.54, 1.807) is 18.2 Å². The van der Waals surface area contributed by atoms with Crippen LogP contribution in [0.5, 0.6) is 11.5 Å². The Kier molecular flexibility index (Phi) is 3.25. The largest absolute Gasteiger partial charge is 0.504 e. The van der Waals surface area contributed by atoms with E-state index in [0.717, 1.165) is 5.56 Å². The van der Waals surface area contributed by atoms with Gasteiger partial charge in [-0.1, -0.05) is 18.9 Å². The van der Waals surface area contributed by atoms with E-state index in [2.05, 4.69) is 17.5 Å². The van der Waals surface area contributed by atoms with E-state index in [1.807, 2.05) is 0 Å². The first kappa shape index (κ1) is 9.22. The molecule has 0 spiro atoms. The highest BCUT2D eigenvalue weighted by molar-refractivity contribution is 7.78. The molecule has 66 valence electrons. The second-order valence-electron chi connectivity index (χ2n) is 2.34. The normalized spacial score (nSPS) is 9.83. The van der Waals surface area contributed by atoms with Crippen LogP contribution in [-0.2, 0) is 6.54 Å². The molecule has 0 radical (unpaired) electrons. The molecule has 0 fully saturated rings. The van der Waals surface area contributed by atoms with Crippen molar-refractivity contribution >= 4 is 12.8 Å². The summed E-state index contributed by atoms with van der Waals surface area (Å²) in [5.41, 5.74) is 1.01. The molecule has 0 bridgehead atoms. The van der Waals surface area contributed by atoms with Crippen LogP contribution in [0.2, 0.25) is 0 Å². The lowest BCUT2D eigenvalue weighted by Gasteiger charge is -2.05. The smallest absolute Gasteiger partial charge is 0.160 e. The number of benzene rings is 1. The minimum Gasteiger partial charge on any atom is -0.504 e. The second-order valence-corrected chi connectivity index (χ2v) is 2.66. The molecule has 1 rings (SSSR count). The van der Waals surface area contributed by atoms with Crippen molar-refractivity contribution in [2.75, 3.05) is 7.11 Å². The Morgan fingerprint density at radius 3 is 2.92 bits per heavy atom. The molecule has 0 heterocycles. The maximum absolute atomic E-state index is 9.24. The molecule has 1 aromatic rings. The third kappa shape index (κ3) is 2.06. The van der Waals surface area contributed by atoms with Gasteiger partial charge in [-0.2, -0.15) is 0 Å². The lowest BCUT2D eigenvalue weighted by atomic mass is 10.2. The van der Waals surface area contributed by atoms with E-state index in [9.17, 15) is 5.11 Å². The number of thiol groups is 1. The fourth-order valence-corrected chi connectivity index (χ4v) is 1.11. The van der Waals surface area contributed by atoms with Crippen LogP contribution in [0.3, 0.4) is 0 Å². The van der Waals surface area contributed by atoms with Crippen molar-refractivity contribution in [3.05, 3.63) is 23.8 Å². The molecule has 0 aliphatic rings. The minimum absolute atomic E-state index is 0.153. The summed E-state index contributed by atoms with van der Waals surface area (Å²) in [6.07, 6.45) is 0. The third-order valence-electron chi connectivity index (χ3n) is 1.53. The fourth-order valence-electron chi connectivity index (χ4n) is 0.923. The zero-order chi connectivity index (χ0) is 8.97. The van der Waals surface area contributed by atoms with Crippen LogP contribution in [0.15, 0.2) is 18.2 Å². The first-order valence-electron chi connectivity index (χ1n) is 3.50. The van der Waals surface area contributed by atoms with Gasteiger partial charge < -0.3 is 9.84 Å². The van der Waals surface area contributed by atoms with E-state index < -0.39 is 0 Å². The maximum Gasteiger partial charge on any atom is 0.160 e. The molecule has 1 aromatic carbocycles. The van der Waals surface area contributed by atoms with Gasteiger partial charge in [0, 0.05) is 6.54 Å². The predicted octanol–water partition coefficient (Wildman–Crippen LogP) is 1.34. The summed E-state index contributed by atoms with van der Waals surface area (Å²) in [5.74, 6) is 0.636. The van der Waals surface area contributed by atoms with Crippen LogP contribution in [0.4, 0.5) is 0 Å². The van der Waals surface area contributed by atoms with Crippen molar-refractivity contribution in [1.82, 2.24) is 4.72 Å². The van der Waals surface area contributed by atoms with Gasteiger partial charge in [-0.25, -0.2) is 0 Å². The van der Waals surface area contributed by atoms with Crippen molar-refractivity contribution in [3.63, 3.8) is 0 Å². The Morgan fingerprint density at radius 2 is 2.33 bits per heavy atom. The molecule has 0 unspecified atom stereocenters. The van der Waals surface area contributed by atoms with E-state index in [-0.39, 0.29) is 5.75 Å². The van der Waals surface area contributed by atoms with Crippen LogP contribution >= 0.6 is 12.8 Å². The molecule has 0 saturated heterocycles.